The highest BCUT2D eigenvalue weighted by Gasteiger charge is 2.15. The first kappa shape index (κ1) is 13.0. The summed E-state index contributed by atoms with van der Waals surface area (Å²) >= 11 is 0. The molecule has 0 amide bonds. The van der Waals surface area contributed by atoms with Crippen LogP contribution in [-0.2, 0) is 6.54 Å². The summed E-state index contributed by atoms with van der Waals surface area (Å²) in [6, 6.07) is 4.00. The van der Waals surface area contributed by atoms with Gasteiger partial charge in [-0.05, 0) is 39.8 Å². The highest BCUT2D eigenvalue weighted by molar-refractivity contribution is 5.25. The molecule has 0 aliphatic rings. The lowest BCUT2D eigenvalue weighted by atomic mass is 10.2. The van der Waals surface area contributed by atoms with Gasteiger partial charge in [0.2, 0.25) is 5.88 Å². The predicted molar refractivity (Wildman–Crippen MR) is 66.6 cm³/mol. The van der Waals surface area contributed by atoms with Crippen LogP contribution in [0.1, 0.15) is 39.7 Å². The van der Waals surface area contributed by atoms with Crippen molar-refractivity contribution in [3.8, 4) is 5.88 Å². The zero-order valence-corrected chi connectivity index (χ0v) is 10.7. The van der Waals surface area contributed by atoms with Crippen molar-refractivity contribution in [3.63, 3.8) is 0 Å². The molecule has 0 radical (unpaired) electrons. The molecule has 1 aromatic heterocycles. The third kappa shape index (κ3) is 4.62. The monoisotopic (exact) mass is 222 g/mol. The van der Waals surface area contributed by atoms with Crippen molar-refractivity contribution in [1.29, 1.82) is 0 Å². The minimum Gasteiger partial charge on any atom is -0.472 e. The van der Waals surface area contributed by atoms with Crippen LogP contribution in [-0.4, -0.2) is 17.1 Å². The van der Waals surface area contributed by atoms with E-state index in [9.17, 15) is 0 Å². The van der Waals surface area contributed by atoms with Gasteiger partial charge in [-0.25, -0.2) is 4.98 Å². The fourth-order valence-electron chi connectivity index (χ4n) is 1.34. The minimum atomic E-state index is -0.201. The van der Waals surface area contributed by atoms with E-state index in [4.69, 9.17) is 4.74 Å². The van der Waals surface area contributed by atoms with Gasteiger partial charge in [0.05, 0.1) is 0 Å². The molecule has 0 saturated heterocycles. The quantitative estimate of drug-likeness (QED) is 0.778. The van der Waals surface area contributed by atoms with Crippen LogP contribution in [0.2, 0.25) is 0 Å². The Balaban J connectivity index is 2.68. The molecule has 3 heteroatoms. The Bertz CT molecular complexity index is 318. The van der Waals surface area contributed by atoms with Crippen molar-refractivity contribution in [1.82, 2.24) is 10.3 Å². The number of ether oxygens (including phenoxy) is 1. The van der Waals surface area contributed by atoms with Gasteiger partial charge in [-0.15, -0.1) is 0 Å². The van der Waals surface area contributed by atoms with Crippen molar-refractivity contribution in [2.24, 2.45) is 0 Å². The summed E-state index contributed by atoms with van der Waals surface area (Å²) in [6.45, 7) is 10.1. The lowest BCUT2D eigenvalue weighted by Crippen LogP contribution is -2.25. The smallest absolute Gasteiger partial charge is 0.218 e. The number of hydrogen-bond acceptors (Lipinski definition) is 3. The Morgan fingerprint density at radius 3 is 2.75 bits per heavy atom. The van der Waals surface area contributed by atoms with E-state index in [2.05, 4.69) is 23.3 Å². The fraction of sp³-hybridized carbons (Fsp3) is 0.615. The molecule has 0 bridgehead atoms. The average Bonchev–Trinajstić information content (AvgIpc) is 2.19. The van der Waals surface area contributed by atoms with Crippen LogP contribution in [0.4, 0.5) is 0 Å². The predicted octanol–water partition coefficient (Wildman–Crippen LogP) is 2.76. The van der Waals surface area contributed by atoms with Crippen LogP contribution < -0.4 is 10.1 Å². The summed E-state index contributed by atoms with van der Waals surface area (Å²) in [7, 11) is 0. The summed E-state index contributed by atoms with van der Waals surface area (Å²) in [5, 5.41) is 3.36. The second-order valence-corrected chi connectivity index (χ2v) is 4.86. The third-order valence-electron chi connectivity index (χ3n) is 2.00. The summed E-state index contributed by atoms with van der Waals surface area (Å²) < 4.78 is 5.81. The summed E-state index contributed by atoms with van der Waals surface area (Å²) in [5.41, 5.74) is 0.916. The van der Waals surface area contributed by atoms with Crippen molar-refractivity contribution >= 4 is 0 Å². The molecule has 1 rings (SSSR count). The molecule has 0 aromatic carbocycles. The molecule has 0 atom stereocenters. The van der Waals surface area contributed by atoms with E-state index < -0.39 is 0 Å². The van der Waals surface area contributed by atoms with Crippen molar-refractivity contribution < 1.29 is 4.74 Å². The van der Waals surface area contributed by atoms with Gasteiger partial charge >= 0.3 is 0 Å². The van der Waals surface area contributed by atoms with Crippen LogP contribution >= 0.6 is 0 Å². The molecule has 0 unspecified atom stereocenters. The van der Waals surface area contributed by atoms with Crippen LogP contribution in [0.15, 0.2) is 18.3 Å². The SMILES string of the molecule is CCCNCc1cccnc1OC(C)(C)C. The van der Waals surface area contributed by atoms with Gasteiger partial charge in [0, 0.05) is 18.3 Å². The maximum atomic E-state index is 5.81. The Morgan fingerprint density at radius 1 is 1.38 bits per heavy atom. The van der Waals surface area contributed by atoms with Crippen molar-refractivity contribution in [2.75, 3.05) is 6.54 Å². The molecule has 0 spiro atoms. The van der Waals surface area contributed by atoms with Crippen LogP contribution in [0, 0.1) is 0 Å². The van der Waals surface area contributed by atoms with Crippen molar-refractivity contribution in [2.45, 2.75) is 46.3 Å². The van der Waals surface area contributed by atoms with Gasteiger partial charge in [0.1, 0.15) is 5.60 Å². The molecular weight excluding hydrogens is 200 g/mol. The normalized spacial score (nSPS) is 11.5. The maximum Gasteiger partial charge on any atom is 0.218 e. The number of rotatable bonds is 5. The van der Waals surface area contributed by atoms with Crippen LogP contribution in [0.25, 0.3) is 0 Å². The molecule has 1 heterocycles. The highest BCUT2D eigenvalue weighted by Crippen LogP contribution is 2.19. The molecule has 90 valence electrons. The van der Waals surface area contributed by atoms with Gasteiger partial charge < -0.3 is 10.1 Å². The Kier molecular flexibility index (Phi) is 4.74. The summed E-state index contributed by atoms with van der Waals surface area (Å²) in [4.78, 5) is 4.28. The maximum absolute atomic E-state index is 5.81. The second-order valence-electron chi connectivity index (χ2n) is 4.86. The summed E-state index contributed by atoms with van der Waals surface area (Å²) in [6.07, 6.45) is 2.90. The first-order valence-electron chi connectivity index (χ1n) is 5.86. The number of aromatic nitrogens is 1. The zero-order chi connectivity index (χ0) is 12.0. The molecule has 16 heavy (non-hydrogen) atoms. The molecule has 0 saturated carbocycles. The van der Waals surface area contributed by atoms with E-state index >= 15 is 0 Å². The van der Waals surface area contributed by atoms with Gasteiger partial charge in [0.25, 0.3) is 0 Å². The number of pyridine rings is 1. The highest BCUT2D eigenvalue weighted by atomic mass is 16.5. The fourth-order valence-corrected chi connectivity index (χ4v) is 1.34. The van der Waals surface area contributed by atoms with E-state index in [1.165, 1.54) is 0 Å². The van der Waals surface area contributed by atoms with E-state index in [0.29, 0.717) is 0 Å². The molecule has 1 N–H and O–H groups in total. The largest absolute Gasteiger partial charge is 0.472 e. The third-order valence-corrected chi connectivity index (χ3v) is 2.00. The first-order valence-corrected chi connectivity index (χ1v) is 5.86. The van der Waals surface area contributed by atoms with Gasteiger partial charge in [-0.1, -0.05) is 13.0 Å². The standard InChI is InChI=1S/C13H22N2O/c1-5-8-14-10-11-7-6-9-15-12(11)16-13(2,3)4/h6-7,9,14H,5,8,10H2,1-4H3. The Hall–Kier alpha value is -1.09. The molecular formula is C13H22N2O. The lowest BCUT2D eigenvalue weighted by molar-refractivity contribution is 0.122. The Morgan fingerprint density at radius 2 is 2.12 bits per heavy atom. The minimum absolute atomic E-state index is 0.201. The van der Waals surface area contributed by atoms with Gasteiger partial charge in [-0.3, -0.25) is 0 Å². The second kappa shape index (κ2) is 5.85. The Labute approximate surface area is 98.2 Å². The molecule has 0 aliphatic heterocycles. The van der Waals surface area contributed by atoms with Crippen molar-refractivity contribution in [3.05, 3.63) is 23.9 Å². The van der Waals surface area contributed by atoms with Gasteiger partial charge in [-0.2, -0.15) is 0 Å². The van der Waals surface area contributed by atoms with E-state index in [0.717, 1.165) is 31.0 Å². The number of nitrogens with one attached hydrogen (secondary N) is 1. The topological polar surface area (TPSA) is 34.2 Å². The molecule has 0 aliphatic carbocycles. The van der Waals surface area contributed by atoms with E-state index in [1.807, 2.05) is 26.8 Å². The zero-order valence-electron chi connectivity index (χ0n) is 10.7. The lowest BCUT2D eigenvalue weighted by Gasteiger charge is -2.22. The van der Waals surface area contributed by atoms with E-state index in [1.54, 1.807) is 6.20 Å². The number of hydrogen-bond donors (Lipinski definition) is 1. The first-order chi connectivity index (χ1) is 7.53. The average molecular weight is 222 g/mol. The summed E-state index contributed by atoms with van der Waals surface area (Å²) in [5.74, 6) is 0.735. The molecule has 0 fully saturated rings. The van der Waals surface area contributed by atoms with Crippen LogP contribution in [0.5, 0.6) is 5.88 Å². The molecule has 3 nitrogen and oxygen atoms in total. The van der Waals surface area contributed by atoms with Crippen LogP contribution in [0.3, 0.4) is 0 Å². The van der Waals surface area contributed by atoms with Gasteiger partial charge in [0.15, 0.2) is 0 Å². The molecule has 1 aromatic rings. The number of nitrogens with zero attached hydrogens (tertiary/aromatic N) is 1. The van der Waals surface area contributed by atoms with E-state index in [-0.39, 0.29) is 5.60 Å².